The molecule has 106 valence electrons. The summed E-state index contributed by atoms with van der Waals surface area (Å²) in [7, 11) is 0. The Hall–Kier alpha value is -1.51. The van der Waals surface area contributed by atoms with Crippen molar-refractivity contribution in [1.82, 2.24) is 4.90 Å². The van der Waals surface area contributed by atoms with Gasteiger partial charge in [-0.3, -0.25) is 4.99 Å². The summed E-state index contributed by atoms with van der Waals surface area (Å²) in [5.41, 5.74) is 1.59. The van der Waals surface area contributed by atoms with Gasteiger partial charge in [-0.2, -0.15) is 10.8 Å². The van der Waals surface area contributed by atoms with Gasteiger partial charge in [0.25, 0.3) is 0 Å². The fourth-order valence-corrected chi connectivity index (χ4v) is 3.26. The first-order valence-electron chi connectivity index (χ1n) is 6.36. The number of halogens is 1. The van der Waals surface area contributed by atoms with Gasteiger partial charge in [0.1, 0.15) is 18.0 Å². The van der Waals surface area contributed by atoms with Crippen molar-refractivity contribution in [3.8, 4) is 0 Å². The average molecular weight is 340 g/mol. The lowest BCUT2D eigenvalue weighted by molar-refractivity contribution is -0.746. The Morgan fingerprint density at radius 3 is 3.15 bits per heavy atom. The summed E-state index contributed by atoms with van der Waals surface area (Å²) in [6.07, 6.45) is 5.58. The topological polar surface area (TPSA) is 94.1 Å². The zero-order valence-electron chi connectivity index (χ0n) is 10.7. The Labute approximate surface area is 124 Å². The highest BCUT2D eigenvalue weighted by molar-refractivity contribution is 9.18. The molecule has 0 saturated carbocycles. The first-order valence-corrected chi connectivity index (χ1v) is 7.15. The number of quaternary nitrogens is 1. The van der Waals surface area contributed by atoms with E-state index in [1.165, 1.54) is 4.90 Å². The number of carboxylic acid groups (broad SMARTS) is 1. The second kappa shape index (κ2) is 4.80. The van der Waals surface area contributed by atoms with Crippen molar-refractivity contribution in [3.63, 3.8) is 0 Å². The lowest BCUT2D eigenvalue weighted by atomic mass is 9.94. The third-order valence-corrected chi connectivity index (χ3v) is 4.59. The molecule has 3 rings (SSSR count). The highest BCUT2D eigenvalue weighted by atomic mass is 79.9. The number of aliphatic imine (C=N–C) groups is 2. The summed E-state index contributed by atoms with van der Waals surface area (Å²) >= 11 is 3.39. The third-order valence-electron chi connectivity index (χ3n) is 3.83. The van der Waals surface area contributed by atoms with E-state index in [9.17, 15) is 9.90 Å². The monoisotopic (exact) mass is 339 g/mol. The van der Waals surface area contributed by atoms with E-state index in [2.05, 4.69) is 25.9 Å². The van der Waals surface area contributed by atoms with Gasteiger partial charge in [0, 0.05) is 34.9 Å². The lowest BCUT2D eigenvalue weighted by Crippen LogP contribution is -2.51. The van der Waals surface area contributed by atoms with Crippen LogP contribution in [0.3, 0.4) is 0 Å². The summed E-state index contributed by atoms with van der Waals surface area (Å²) < 4.78 is 0.538. The Morgan fingerprint density at radius 1 is 1.60 bits per heavy atom. The molecule has 2 atom stereocenters. The molecule has 7 nitrogen and oxygen atoms in total. The normalized spacial score (nSPS) is 32.4. The minimum Gasteiger partial charge on any atom is -0.530 e. The molecule has 0 radical (unpaired) electrons. The number of likely N-dealkylation sites (tertiary alicyclic amines) is 1. The molecule has 3 aliphatic heterocycles. The number of fused-ring (bicyclic) bond motifs is 1. The van der Waals surface area contributed by atoms with E-state index in [1.807, 2.05) is 0 Å². The molecule has 2 N–H and O–H groups in total. The van der Waals surface area contributed by atoms with Crippen molar-refractivity contribution in [2.24, 2.45) is 21.7 Å². The molecule has 0 aromatic carbocycles. The van der Waals surface area contributed by atoms with Gasteiger partial charge >= 0.3 is 4.74 Å². The highest BCUT2D eigenvalue weighted by Crippen LogP contribution is 2.36. The molecule has 0 aliphatic carbocycles. The largest absolute Gasteiger partial charge is 0.530 e. The van der Waals surface area contributed by atoms with Crippen molar-refractivity contribution in [3.05, 3.63) is 23.8 Å². The van der Waals surface area contributed by atoms with Crippen LogP contribution in [0.15, 0.2) is 33.8 Å². The summed E-state index contributed by atoms with van der Waals surface area (Å²) in [5.74, 6) is 6.30. The second-order valence-electron chi connectivity index (χ2n) is 5.06. The summed E-state index contributed by atoms with van der Waals surface area (Å²) in [6.45, 7) is 0.908. The Balaban J connectivity index is 1.94. The minimum absolute atomic E-state index is 0.0192. The van der Waals surface area contributed by atoms with Crippen molar-refractivity contribution in [1.29, 1.82) is 0 Å². The van der Waals surface area contributed by atoms with Crippen LogP contribution in [0.2, 0.25) is 0 Å². The molecule has 0 bridgehead atoms. The van der Waals surface area contributed by atoms with E-state index in [0.717, 1.165) is 24.2 Å². The molecular weight excluding hydrogens is 326 g/mol. The predicted octanol–water partition coefficient (Wildman–Crippen LogP) is 0.264. The first kappa shape index (κ1) is 13.5. The number of rotatable bonds is 1. The van der Waals surface area contributed by atoms with Gasteiger partial charge in [0.05, 0.1) is 12.4 Å². The Kier molecular flexibility index (Phi) is 3.23. The van der Waals surface area contributed by atoms with Crippen LogP contribution in [0.25, 0.3) is 0 Å². The third kappa shape index (κ3) is 2.00. The van der Waals surface area contributed by atoms with E-state index < -0.39 is 6.09 Å². The summed E-state index contributed by atoms with van der Waals surface area (Å²) in [5, 5.41) is 11.0. The van der Waals surface area contributed by atoms with Gasteiger partial charge in [-0.25, -0.2) is 0 Å². The van der Waals surface area contributed by atoms with Gasteiger partial charge in [-0.1, -0.05) is 0 Å². The number of piperidine rings is 1. The second-order valence-corrected chi connectivity index (χ2v) is 5.77. The maximum absolute atomic E-state index is 11.0. The summed E-state index contributed by atoms with van der Waals surface area (Å²) in [6, 6.07) is 0. The lowest BCUT2D eigenvalue weighted by Gasteiger charge is -2.34. The standard InChI is InChI=1S/C12H14BrN5O2/c13-11-16-10(9-6-15-3-5-18(9,11)14)8-2-1-4-17(7-8)12(19)20/h3,5-6,8H,1-2,4,7,14H2. The molecule has 1 amide bonds. The number of carbonyl (C=O) groups is 1. The first-order chi connectivity index (χ1) is 9.52. The number of carbonyl (C=O) groups excluding carboxylic acids is 1. The zero-order valence-corrected chi connectivity index (χ0v) is 12.3. The van der Waals surface area contributed by atoms with Crippen molar-refractivity contribution < 1.29 is 14.5 Å². The number of hydrogen-bond acceptors (Lipinski definition) is 5. The summed E-state index contributed by atoms with van der Waals surface area (Å²) in [4.78, 5) is 20.9. The van der Waals surface area contributed by atoms with Crippen LogP contribution in [0.5, 0.6) is 0 Å². The van der Waals surface area contributed by atoms with Gasteiger partial charge < -0.3 is 14.8 Å². The smallest absolute Gasteiger partial charge is 0.301 e. The van der Waals surface area contributed by atoms with E-state index >= 15 is 0 Å². The molecule has 2 unspecified atom stereocenters. The molecule has 3 heterocycles. The fourth-order valence-electron chi connectivity index (χ4n) is 2.76. The van der Waals surface area contributed by atoms with Crippen LogP contribution in [0.4, 0.5) is 4.79 Å². The number of nitrogens with zero attached hydrogens (tertiary/aromatic N) is 4. The van der Waals surface area contributed by atoms with Crippen LogP contribution in [-0.2, 0) is 0 Å². The predicted molar refractivity (Wildman–Crippen MR) is 75.2 cm³/mol. The number of allylic oxidation sites excluding steroid dienone is 1. The molecule has 1 saturated heterocycles. The Morgan fingerprint density at radius 2 is 2.40 bits per heavy atom. The zero-order chi connectivity index (χ0) is 14.3. The quantitative estimate of drug-likeness (QED) is 0.422. The highest BCUT2D eigenvalue weighted by Gasteiger charge is 2.44. The molecule has 8 heteroatoms. The number of hydrogen-bond donors (Lipinski definition) is 1. The van der Waals surface area contributed by atoms with Gasteiger partial charge in [-0.15, -0.1) is 4.59 Å². The average Bonchev–Trinajstić information content (AvgIpc) is 2.71. The SMILES string of the molecule is N[N+]12C=CN=CC1=C(C1CCCN(C(=O)[O-])C1)N=C2Br. The molecule has 0 spiro atoms. The maximum atomic E-state index is 11.0. The van der Waals surface area contributed by atoms with Crippen molar-refractivity contribution >= 4 is 33.0 Å². The Bertz CT molecular complexity index is 582. The molecule has 3 aliphatic rings. The maximum Gasteiger partial charge on any atom is 0.301 e. The molecule has 0 aromatic rings. The number of amidine groups is 1. The van der Waals surface area contributed by atoms with Crippen LogP contribution in [0.1, 0.15) is 12.8 Å². The minimum atomic E-state index is -1.13. The van der Waals surface area contributed by atoms with Crippen LogP contribution < -0.4 is 10.9 Å². The van der Waals surface area contributed by atoms with Crippen LogP contribution in [-0.4, -0.2) is 39.6 Å². The van der Waals surface area contributed by atoms with E-state index in [4.69, 9.17) is 5.84 Å². The van der Waals surface area contributed by atoms with E-state index in [-0.39, 0.29) is 10.5 Å². The van der Waals surface area contributed by atoms with Gasteiger partial charge in [0.2, 0.25) is 5.70 Å². The van der Waals surface area contributed by atoms with Gasteiger partial charge in [0.15, 0.2) is 0 Å². The molecule has 0 aromatic heterocycles. The van der Waals surface area contributed by atoms with E-state index in [1.54, 1.807) is 18.6 Å². The molecule has 1 fully saturated rings. The van der Waals surface area contributed by atoms with Crippen molar-refractivity contribution in [2.75, 3.05) is 13.1 Å². The molecular formula is C12H14BrN5O2. The van der Waals surface area contributed by atoms with Gasteiger partial charge in [-0.05, 0) is 12.8 Å². The number of nitrogens with two attached hydrogens (primary N) is 1. The van der Waals surface area contributed by atoms with Crippen molar-refractivity contribution in [2.45, 2.75) is 12.8 Å². The van der Waals surface area contributed by atoms with Crippen LogP contribution in [0, 0.1) is 5.92 Å². The fraction of sp³-hybridized carbons (Fsp3) is 0.417. The number of amides is 1. The van der Waals surface area contributed by atoms with E-state index in [0.29, 0.717) is 17.8 Å². The molecule has 20 heavy (non-hydrogen) atoms. The van der Waals surface area contributed by atoms with Crippen LogP contribution >= 0.6 is 15.9 Å².